The number of allylic oxidation sites excluding steroid dienone is 4. The fraction of sp³-hybridized carbons (Fsp3) is 0. The molecule has 1 aromatic heterocycles. The van der Waals surface area contributed by atoms with Crippen LogP contribution in [0.2, 0.25) is 0 Å². The quantitative estimate of drug-likeness (QED) is 0.530. The van der Waals surface area contributed by atoms with E-state index >= 15 is 0 Å². The molecule has 0 atom stereocenters. The molecule has 1 nitrogen and oxygen atoms in total. The van der Waals surface area contributed by atoms with Crippen LogP contribution in [0.5, 0.6) is 0 Å². The lowest BCUT2D eigenvalue weighted by Gasteiger charge is -2.01. The molecule has 0 N–H and O–H groups in total. The normalized spacial score (nSPS) is 11.9. The summed E-state index contributed by atoms with van der Waals surface area (Å²) in [6.07, 6.45) is 3.65. The van der Waals surface area contributed by atoms with Crippen molar-refractivity contribution < 1.29 is 8.78 Å². The summed E-state index contributed by atoms with van der Waals surface area (Å²) in [7, 11) is 0. The first-order valence-electron chi connectivity index (χ1n) is 3.95. The smallest absolute Gasteiger partial charge is 0.212 e. The van der Waals surface area contributed by atoms with Crippen molar-refractivity contribution >= 4 is 5.57 Å². The molecule has 0 fully saturated rings. The van der Waals surface area contributed by atoms with Gasteiger partial charge in [-0.1, -0.05) is 19.2 Å². The Kier molecular flexibility index (Phi) is 3.29. The average molecular weight is 193 g/mol. The molecule has 14 heavy (non-hydrogen) atoms. The van der Waals surface area contributed by atoms with Gasteiger partial charge in [0.05, 0.1) is 0 Å². The molecular weight excluding hydrogens is 184 g/mol. The van der Waals surface area contributed by atoms with Crippen LogP contribution in [0.15, 0.2) is 49.5 Å². The number of pyridine rings is 1. The van der Waals surface area contributed by atoms with Crippen molar-refractivity contribution in [1.29, 1.82) is 0 Å². The Morgan fingerprint density at radius 2 is 2.00 bits per heavy atom. The number of rotatable bonds is 3. The van der Waals surface area contributed by atoms with Crippen molar-refractivity contribution in [2.45, 2.75) is 0 Å². The van der Waals surface area contributed by atoms with E-state index in [-0.39, 0.29) is 5.57 Å². The van der Waals surface area contributed by atoms with Crippen LogP contribution >= 0.6 is 0 Å². The molecule has 0 unspecified atom stereocenters. The van der Waals surface area contributed by atoms with E-state index in [1.54, 1.807) is 0 Å². The zero-order valence-electron chi connectivity index (χ0n) is 7.50. The second-order valence-electron chi connectivity index (χ2n) is 2.54. The number of aromatic nitrogens is 1. The molecule has 1 rings (SSSR count). The molecule has 72 valence electrons. The van der Waals surface area contributed by atoms with Gasteiger partial charge in [0, 0.05) is 17.3 Å². The summed E-state index contributed by atoms with van der Waals surface area (Å²) in [5, 5.41) is 0. The number of hydrogen-bond donors (Lipinski definition) is 0. The first-order chi connectivity index (χ1) is 6.69. The summed E-state index contributed by atoms with van der Waals surface area (Å²) >= 11 is 0. The first kappa shape index (κ1) is 10.3. The molecular formula is C11H9F2N. The maximum absolute atomic E-state index is 13.2. The van der Waals surface area contributed by atoms with Gasteiger partial charge in [0.15, 0.2) is 0 Å². The highest BCUT2D eigenvalue weighted by atomic mass is 19.1. The highest BCUT2D eigenvalue weighted by Gasteiger charge is 2.03. The monoisotopic (exact) mass is 193 g/mol. The van der Waals surface area contributed by atoms with Gasteiger partial charge in [-0.15, -0.1) is 0 Å². The van der Waals surface area contributed by atoms with Gasteiger partial charge in [-0.2, -0.15) is 4.39 Å². The summed E-state index contributed by atoms with van der Waals surface area (Å²) in [4.78, 5) is 3.42. The molecule has 1 aromatic rings. The second-order valence-corrected chi connectivity index (χ2v) is 2.54. The Hall–Kier alpha value is -1.77. The third-order valence-corrected chi connectivity index (χ3v) is 1.68. The Bertz CT molecular complexity index is 377. The second kappa shape index (κ2) is 4.46. The highest BCUT2D eigenvalue weighted by Crippen LogP contribution is 2.20. The van der Waals surface area contributed by atoms with E-state index in [0.29, 0.717) is 5.56 Å². The number of hydrogen-bond acceptors (Lipinski definition) is 1. The molecule has 0 saturated heterocycles. The third kappa shape index (κ3) is 2.13. The van der Waals surface area contributed by atoms with E-state index in [1.165, 1.54) is 18.3 Å². The van der Waals surface area contributed by atoms with Crippen LogP contribution in [0.1, 0.15) is 5.56 Å². The molecule has 0 spiro atoms. The predicted octanol–water partition coefficient (Wildman–Crippen LogP) is 3.27. The highest BCUT2D eigenvalue weighted by molar-refractivity contribution is 5.75. The van der Waals surface area contributed by atoms with Crippen LogP contribution < -0.4 is 0 Å². The summed E-state index contributed by atoms with van der Waals surface area (Å²) in [5.74, 6) is -1.11. The molecule has 0 aliphatic carbocycles. The maximum Gasteiger partial charge on any atom is 0.212 e. The van der Waals surface area contributed by atoms with Crippen LogP contribution in [0, 0.1) is 5.95 Å². The zero-order valence-corrected chi connectivity index (χ0v) is 7.50. The summed E-state index contributed by atoms with van der Waals surface area (Å²) in [6, 6.07) is 2.59. The lowest BCUT2D eigenvalue weighted by atomic mass is 10.1. The van der Waals surface area contributed by atoms with Crippen molar-refractivity contribution in [3.63, 3.8) is 0 Å². The van der Waals surface area contributed by atoms with E-state index in [2.05, 4.69) is 18.1 Å². The molecule has 1 heterocycles. The fourth-order valence-electron chi connectivity index (χ4n) is 0.998. The number of halogens is 2. The van der Waals surface area contributed by atoms with Gasteiger partial charge in [-0.3, -0.25) is 0 Å². The van der Waals surface area contributed by atoms with Crippen LogP contribution in [0.3, 0.4) is 0 Å². The SMILES string of the molecule is C=C/C(F)=C(\C=C)c1ccc(F)nc1. The molecule has 3 heteroatoms. The largest absolute Gasteiger partial charge is 0.228 e. The van der Waals surface area contributed by atoms with Crippen LogP contribution in [0.4, 0.5) is 8.78 Å². The Morgan fingerprint density at radius 3 is 2.43 bits per heavy atom. The molecule has 0 radical (unpaired) electrons. The van der Waals surface area contributed by atoms with Gasteiger partial charge in [-0.05, 0) is 18.2 Å². The topological polar surface area (TPSA) is 12.9 Å². The van der Waals surface area contributed by atoms with Crippen LogP contribution in [0.25, 0.3) is 5.57 Å². The zero-order chi connectivity index (χ0) is 10.6. The Morgan fingerprint density at radius 1 is 1.29 bits per heavy atom. The Labute approximate surface area is 81.1 Å². The van der Waals surface area contributed by atoms with E-state index < -0.39 is 11.8 Å². The minimum Gasteiger partial charge on any atom is -0.228 e. The van der Waals surface area contributed by atoms with E-state index in [1.807, 2.05) is 0 Å². The Balaban J connectivity index is 3.20. The van der Waals surface area contributed by atoms with Gasteiger partial charge in [0.1, 0.15) is 5.83 Å². The first-order valence-corrected chi connectivity index (χ1v) is 3.95. The number of nitrogens with zero attached hydrogens (tertiary/aromatic N) is 1. The predicted molar refractivity (Wildman–Crippen MR) is 52.6 cm³/mol. The minimum atomic E-state index is -0.601. The van der Waals surface area contributed by atoms with Crippen molar-refractivity contribution in [1.82, 2.24) is 4.98 Å². The van der Waals surface area contributed by atoms with Gasteiger partial charge in [0.25, 0.3) is 0 Å². The molecule has 0 amide bonds. The van der Waals surface area contributed by atoms with E-state index in [0.717, 1.165) is 12.1 Å². The molecule has 0 aromatic carbocycles. The molecule has 0 aliphatic rings. The van der Waals surface area contributed by atoms with Gasteiger partial charge in [-0.25, -0.2) is 9.37 Å². The molecule has 0 saturated carbocycles. The van der Waals surface area contributed by atoms with E-state index in [9.17, 15) is 8.78 Å². The summed E-state index contributed by atoms with van der Waals surface area (Å²) < 4.78 is 25.6. The third-order valence-electron chi connectivity index (χ3n) is 1.68. The van der Waals surface area contributed by atoms with Crippen LogP contribution in [-0.4, -0.2) is 4.98 Å². The van der Waals surface area contributed by atoms with E-state index in [4.69, 9.17) is 0 Å². The van der Waals surface area contributed by atoms with Crippen LogP contribution in [-0.2, 0) is 0 Å². The van der Waals surface area contributed by atoms with Crippen molar-refractivity contribution in [2.75, 3.05) is 0 Å². The van der Waals surface area contributed by atoms with Gasteiger partial charge in [0.2, 0.25) is 5.95 Å². The van der Waals surface area contributed by atoms with Gasteiger partial charge >= 0.3 is 0 Å². The maximum atomic E-state index is 13.2. The fourth-order valence-corrected chi connectivity index (χ4v) is 0.998. The van der Waals surface area contributed by atoms with Gasteiger partial charge < -0.3 is 0 Å². The standard InChI is InChI=1S/C11H9F2N/c1-3-9(10(12)4-2)8-5-6-11(13)14-7-8/h3-7H,1-2H2/b10-9-. The minimum absolute atomic E-state index is 0.257. The van der Waals surface area contributed by atoms with Crippen molar-refractivity contribution in [3.05, 3.63) is 61.0 Å². The van der Waals surface area contributed by atoms with Crippen molar-refractivity contribution in [3.8, 4) is 0 Å². The average Bonchev–Trinajstić information content (AvgIpc) is 2.21. The van der Waals surface area contributed by atoms with Crippen molar-refractivity contribution in [2.24, 2.45) is 0 Å². The lowest BCUT2D eigenvalue weighted by molar-refractivity contribution is 0.583. The molecule has 0 aliphatic heterocycles. The summed E-state index contributed by atoms with van der Waals surface area (Å²) in [6.45, 7) is 6.76. The molecule has 0 bridgehead atoms. The summed E-state index contributed by atoms with van der Waals surface area (Å²) in [5.41, 5.74) is 0.728. The lowest BCUT2D eigenvalue weighted by Crippen LogP contribution is -1.87.